The highest BCUT2D eigenvalue weighted by atomic mass is 15.0. The van der Waals surface area contributed by atoms with Gasteiger partial charge in [-0.2, -0.15) is 0 Å². The van der Waals surface area contributed by atoms with Gasteiger partial charge in [-0.25, -0.2) is 5.32 Å². The fourth-order valence-electron chi connectivity index (χ4n) is 0.689. The molecule has 1 aliphatic carbocycles. The van der Waals surface area contributed by atoms with Crippen LogP contribution in [0.25, 0.3) is 0 Å². The lowest BCUT2D eigenvalue weighted by Gasteiger charge is -2.05. The molecule has 0 aromatic carbocycles. The molecule has 1 aliphatic rings. The Bertz CT molecular complexity index is 66.8. The quantitative estimate of drug-likeness (QED) is 0.526. The lowest BCUT2D eigenvalue weighted by atomic mass is 10.2. The van der Waals surface area contributed by atoms with E-state index in [-0.39, 0.29) is 0 Å². The molecule has 8 heavy (non-hydrogen) atoms. The molecular weight excluding hydrogens is 98.1 g/mol. The first kappa shape index (κ1) is 6.09. The van der Waals surface area contributed by atoms with Crippen LogP contribution in [0.1, 0.15) is 33.1 Å². The molecule has 0 aromatic heterocycles. The molecule has 47 valence electrons. The van der Waals surface area contributed by atoms with Crippen molar-refractivity contribution in [3.63, 3.8) is 0 Å². The van der Waals surface area contributed by atoms with Gasteiger partial charge in [-0.05, 0) is 26.2 Å². The van der Waals surface area contributed by atoms with E-state index < -0.39 is 0 Å². The van der Waals surface area contributed by atoms with Crippen molar-refractivity contribution in [2.45, 2.75) is 45.2 Å². The highest BCUT2D eigenvalue weighted by Crippen LogP contribution is 2.21. The molecular formula is C7H14N. The van der Waals surface area contributed by atoms with Crippen molar-refractivity contribution < 1.29 is 0 Å². The molecule has 1 radical (unpaired) electrons. The first-order valence-electron chi connectivity index (χ1n) is 3.53. The van der Waals surface area contributed by atoms with Crippen LogP contribution in [-0.2, 0) is 0 Å². The average Bonchev–Trinajstić information content (AvgIpc) is 2.50. The molecule has 0 amide bonds. The van der Waals surface area contributed by atoms with Gasteiger partial charge in [-0.3, -0.25) is 0 Å². The standard InChI is InChI=1S/C7H14N/c1-3-6(2)8-7-4-5-7/h6-7H,3-5H2,1-2H3. The van der Waals surface area contributed by atoms with Gasteiger partial charge in [0.15, 0.2) is 0 Å². The zero-order valence-corrected chi connectivity index (χ0v) is 5.72. The fourth-order valence-corrected chi connectivity index (χ4v) is 0.689. The summed E-state index contributed by atoms with van der Waals surface area (Å²) >= 11 is 0. The number of nitrogens with zero attached hydrogens (tertiary/aromatic N) is 1. The number of hydrogen-bond acceptors (Lipinski definition) is 0. The van der Waals surface area contributed by atoms with E-state index >= 15 is 0 Å². The minimum absolute atomic E-state index is 0.613. The summed E-state index contributed by atoms with van der Waals surface area (Å²) in [5.74, 6) is 0. The summed E-state index contributed by atoms with van der Waals surface area (Å²) in [4.78, 5) is 0. The molecule has 0 bridgehead atoms. The van der Waals surface area contributed by atoms with Gasteiger partial charge in [0.1, 0.15) is 0 Å². The van der Waals surface area contributed by atoms with E-state index in [0.717, 1.165) is 6.04 Å². The third kappa shape index (κ3) is 1.83. The maximum Gasteiger partial charge on any atom is 0.0250 e. The summed E-state index contributed by atoms with van der Waals surface area (Å²) in [6.07, 6.45) is 3.91. The van der Waals surface area contributed by atoms with Gasteiger partial charge < -0.3 is 0 Å². The highest BCUT2D eigenvalue weighted by molar-refractivity contribution is 4.82. The van der Waals surface area contributed by atoms with Gasteiger partial charge in [0.05, 0.1) is 0 Å². The maximum atomic E-state index is 4.51. The Labute approximate surface area is 51.5 Å². The predicted octanol–water partition coefficient (Wildman–Crippen LogP) is 1.55. The van der Waals surface area contributed by atoms with E-state index in [4.69, 9.17) is 0 Å². The van der Waals surface area contributed by atoms with Crippen LogP contribution in [0.15, 0.2) is 0 Å². The van der Waals surface area contributed by atoms with Gasteiger partial charge >= 0.3 is 0 Å². The Hall–Kier alpha value is -0.0400. The largest absolute Gasteiger partial charge is 0.235 e. The Balaban J connectivity index is 1.98. The Morgan fingerprint density at radius 1 is 1.62 bits per heavy atom. The fraction of sp³-hybridized carbons (Fsp3) is 1.00. The van der Waals surface area contributed by atoms with Gasteiger partial charge in [-0.1, -0.05) is 6.92 Å². The van der Waals surface area contributed by atoms with Crippen LogP contribution in [0, 0.1) is 0 Å². The van der Waals surface area contributed by atoms with Crippen LogP contribution < -0.4 is 5.32 Å². The normalized spacial score (nSPS) is 23.2. The van der Waals surface area contributed by atoms with E-state index in [1.165, 1.54) is 19.3 Å². The van der Waals surface area contributed by atoms with Crippen LogP contribution >= 0.6 is 0 Å². The minimum Gasteiger partial charge on any atom is -0.235 e. The molecule has 0 heterocycles. The van der Waals surface area contributed by atoms with Crippen molar-refractivity contribution in [3.8, 4) is 0 Å². The third-order valence-electron chi connectivity index (χ3n) is 1.60. The number of hydrogen-bond donors (Lipinski definition) is 0. The van der Waals surface area contributed by atoms with Gasteiger partial charge in [-0.15, -0.1) is 0 Å². The van der Waals surface area contributed by atoms with Gasteiger partial charge in [0.2, 0.25) is 0 Å². The second kappa shape index (κ2) is 2.49. The van der Waals surface area contributed by atoms with E-state index in [2.05, 4.69) is 19.2 Å². The average molecular weight is 112 g/mol. The summed E-state index contributed by atoms with van der Waals surface area (Å²) in [6.45, 7) is 4.38. The number of rotatable bonds is 3. The van der Waals surface area contributed by atoms with Crippen molar-refractivity contribution in [3.05, 3.63) is 0 Å². The second-order valence-electron chi connectivity index (χ2n) is 2.64. The molecule has 1 unspecified atom stereocenters. The van der Waals surface area contributed by atoms with E-state index in [9.17, 15) is 0 Å². The van der Waals surface area contributed by atoms with Crippen molar-refractivity contribution in [1.29, 1.82) is 0 Å². The molecule has 0 aliphatic heterocycles. The summed E-state index contributed by atoms with van der Waals surface area (Å²) in [5.41, 5.74) is 0. The van der Waals surface area contributed by atoms with Gasteiger partial charge in [0, 0.05) is 12.1 Å². The first-order chi connectivity index (χ1) is 3.83. The molecule has 0 saturated heterocycles. The summed E-state index contributed by atoms with van der Waals surface area (Å²) in [7, 11) is 0. The van der Waals surface area contributed by atoms with Crippen LogP contribution in [0.5, 0.6) is 0 Å². The Kier molecular flexibility index (Phi) is 1.90. The molecule has 1 atom stereocenters. The molecule has 1 saturated carbocycles. The Morgan fingerprint density at radius 2 is 2.25 bits per heavy atom. The molecule has 1 nitrogen and oxygen atoms in total. The lowest BCUT2D eigenvalue weighted by Crippen LogP contribution is -2.18. The first-order valence-corrected chi connectivity index (χ1v) is 3.53. The van der Waals surface area contributed by atoms with Crippen LogP contribution in [0.2, 0.25) is 0 Å². The van der Waals surface area contributed by atoms with Crippen molar-refractivity contribution in [2.24, 2.45) is 0 Å². The summed E-state index contributed by atoms with van der Waals surface area (Å²) in [6, 6.07) is 1.37. The monoisotopic (exact) mass is 112 g/mol. The molecule has 1 fully saturated rings. The van der Waals surface area contributed by atoms with E-state index in [1.54, 1.807) is 0 Å². The molecule has 0 spiro atoms. The molecule has 0 aromatic rings. The third-order valence-corrected chi connectivity index (χ3v) is 1.60. The van der Waals surface area contributed by atoms with E-state index in [0.29, 0.717) is 6.04 Å². The van der Waals surface area contributed by atoms with Crippen LogP contribution in [-0.4, -0.2) is 12.1 Å². The van der Waals surface area contributed by atoms with Crippen LogP contribution in [0.3, 0.4) is 0 Å². The van der Waals surface area contributed by atoms with Crippen molar-refractivity contribution in [2.75, 3.05) is 0 Å². The lowest BCUT2D eigenvalue weighted by molar-refractivity contribution is 0.519. The minimum atomic E-state index is 0.613. The topological polar surface area (TPSA) is 14.1 Å². The van der Waals surface area contributed by atoms with Gasteiger partial charge in [0.25, 0.3) is 0 Å². The molecule has 1 rings (SSSR count). The van der Waals surface area contributed by atoms with Crippen LogP contribution in [0.4, 0.5) is 0 Å². The zero-order chi connectivity index (χ0) is 5.98. The summed E-state index contributed by atoms with van der Waals surface area (Å²) < 4.78 is 0. The molecule has 1 heteroatoms. The summed E-state index contributed by atoms with van der Waals surface area (Å²) in [5, 5.41) is 4.51. The Morgan fingerprint density at radius 3 is 2.62 bits per heavy atom. The van der Waals surface area contributed by atoms with Crippen molar-refractivity contribution >= 4 is 0 Å². The predicted molar refractivity (Wildman–Crippen MR) is 34.9 cm³/mol. The second-order valence-corrected chi connectivity index (χ2v) is 2.64. The van der Waals surface area contributed by atoms with E-state index in [1.807, 2.05) is 0 Å². The SMILES string of the molecule is CCC(C)[N]C1CC1. The smallest absolute Gasteiger partial charge is 0.0250 e. The maximum absolute atomic E-state index is 4.51. The zero-order valence-electron chi connectivity index (χ0n) is 5.72. The van der Waals surface area contributed by atoms with Crippen molar-refractivity contribution in [1.82, 2.24) is 5.32 Å². The molecule has 0 N–H and O–H groups in total. The highest BCUT2D eigenvalue weighted by Gasteiger charge is 2.23.